The zero-order valence-electron chi connectivity index (χ0n) is 21.0. The summed E-state index contributed by atoms with van der Waals surface area (Å²) in [6.07, 6.45) is 2.62. The first-order valence-electron chi connectivity index (χ1n) is 11.5. The van der Waals surface area contributed by atoms with E-state index in [-0.39, 0.29) is 17.4 Å². The number of rotatable bonds is 6. The van der Waals surface area contributed by atoms with Crippen LogP contribution in [-0.4, -0.2) is 29.9 Å². The second-order valence-electron chi connectivity index (χ2n) is 10.3. The molecule has 0 radical (unpaired) electrons. The van der Waals surface area contributed by atoms with E-state index >= 15 is 0 Å². The topological polar surface area (TPSA) is 57.0 Å². The monoisotopic (exact) mass is 449 g/mol. The fourth-order valence-corrected chi connectivity index (χ4v) is 4.24. The number of carbonyl (C=O) groups excluding carboxylic acids is 2. The largest absolute Gasteiger partial charge is 0.493 e. The van der Waals surface area contributed by atoms with Gasteiger partial charge in [0, 0.05) is 22.9 Å². The number of fused-ring (bicyclic) bond motifs is 1. The molecule has 0 saturated heterocycles. The molecule has 5 heteroatoms. The molecule has 0 aliphatic rings. The van der Waals surface area contributed by atoms with Gasteiger partial charge in [-0.2, -0.15) is 0 Å². The van der Waals surface area contributed by atoms with E-state index in [4.69, 9.17) is 9.47 Å². The van der Waals surface area contributed by atoms with Crippen LogP contribution in [0.5, 0.6) is 5.75 Å². The third-order valence-corrected chi connectivity index (χ3v) is 5.76. The minimum atomic E-state index is -0.437. The van der Waals surface area contributed by atoms with Gasteiger partial charge in [0.25, 0.3) is 0 Å². The van der Waals surface area contributed by atoms with Crippen LogP contribution in [0.1, 0.15) is 87.4 Å². The standard InChI is InChI=1S/C28H35NO4/c1-9-32-25-19(27(3,4)5)15-18(16-20(25)28(6,7)8)23-22(17-30)29-14-12-11-13-21(29)24(23)26(31)33-10-2/h11-17H,9-10H2,1-8H3. The van der Waals surface area contributed by atoms with E-state index in [1.165, 1.54) is 0 Å². The van der Waals surface area contributed by atoms with Crippen LogP contribution in [0.2, 0.25) is 0 Å². The number of benzene rings is 1. The van der Waals surface area contributed by atoms with Crippen LogP contribution in [0.15, 0.2) is 36.5 Å². The number of hydrogen-bond donors (Lipinski definition) is 0. The van der Waals surface area contributed by atoms with Crippen LogP contribution in [0, 0.1) is 0 Å². The molecule has 0 spiro atoms. The van der Waals surface area contributed by atoms with E-state index in [9.17, 15) is 9.59 Å². The lowest BCUT2D eigenvalue weighted by Crippen LogP contribution is -2.20. The predicted molar refractivity (Wildman–Crippen MR) is 133 cm³/mol. The number of carbonyl (C=O) groups is 2. The highest BCUT2D eigenvalue weighted by atomic mass is 16.5. The van der Waals surface area contributed by atoms with Gasteiger partial charge in [-0.1, -0.05) is 47.6 Å². The Morgan fingerprint density at radius 1 is 0.970 bits per heavy atom. The van der Waals surface area contributed by atoms with Crippen molar-refractivity contribution in [1.29, 1.82) is 0 Å². The molecule has 2 aromatic heterocycles. The molecule has 0 atom stereocenters. The highest BCUT2D eigenvalue weighted by Crippen LogP contribution is 2.44. The fourth-order valence-electron chi connectivity index (χ4n) is 4.24. The van der Waals surface area contributed by atoms with Gasteiger partial charge < -0.3 is 13.9 Å². The van der Waals surface area contributed by atoms with Crippen molar-refractivity contribution in [2.24, 2.45) is 0 Å². The molecule has 0 fully saturated rings. The molecule has 33 heavy (non-hydrogen) atoms. The number of aromatic nitrogens is 1. The fraction of sp³-hybridized carbons (Fsp3) is 0.429. The molecule has 2 heterocycles. The van der Waals surface area contributed by atoms with Crippen LogP contribution < -0.4 is 4.74 Å². The molecule has 0 N–H and O–H groups in total. The van der Waals surface area contributed by atoms with Gasteiger partial charge in [-0.15, -0.1) is 0 Å². The van der Waals surface area contributed by atoms with Crippen molar-refractivity contribution < 1.29 is 19.1 Å². The number of hydrogen-bond acceptors (Lipinski definition) is 4. The van der Waals surface area contributed by atoms with Gasteiger partial charge in [-0.25, -0.2) is 4.79 Å². The number of esters is 1. The molecule has 176 valence electrons. The summed E-state index contributed by atoms with van der Waals surface area (Å²) in [6, 6.07) is 9.66. The lowest BCUT2D eigenvalue weighted by molar-refractivity contribution is 0.0529. The first-order valence-corrected chi connectivity index (χ1v) is 11.5. The molecular weight excluding hydrogens is 414 g/mol. The molecule has 0 amide bonds. The van der Waals surface area contributed by atoms with Crippen molar-refractivity contribution >= 4 is 17.8 Å². The number of ether oxygens (including phenoxy) is 2. The maximum absolute atomic E-state index is 13.1. The summed E-state index contributed by atoms with van der Waals surface area (Å²) in [5.41, 5.74) is 4.52. The Bertz CT molecular complexity index is 1150. The molecule has 5 nitrogen and oxygen atoms in total. The van der Waals surface area contributed by atoms with Crippen LogP contribution in [-0.2, 0) is 15.6 Å². The van der Waals surface area contributed by atoms with E-state index in [1.54, 1.807) is 17.5 Å². The maximum Gasteiger partial charge on any atom is 0.340 e. The average molecular weight is 450 g/mol. The highest BCUT2D eigenvalue weighted by Gasteiger charge is 2.31. The summed E-state index contributed by atoms with van der Waals surface area (Å²) in [6.45, 7) is 17.4. The SMILES string of the molecule is CCOC(=O)c1c(-c2cc(C(C)(C)C)c(OCC)c(C(C)(C)C)c2)c(C=O)n2ccccc12. The van der Waals surface area contributed by atoms with E-state index in [1.807, 2.05) is 25.1 Å². The molecular formula is C28H35NO4. The van der Waals surface area contributed by atoms with Crippen molar-refractivity contribution in [3.63, 3.8) is 0 Å². The Morgan fingerprint density at radius 3 is 2.06 bits per heavy atom. The lowest BCUT2D eigenvalue weighted by atomic mass is 9.77. The third kappa shape index (κ3) is 4.54. The molecule has 1 aromatic carbocycles. The Hall–Kier alpha value is -3.08. The Kier molecular flexibility index (Phi) is 6.73. The smallest absolute Gasteiger partial charge is 0.340 e. The lowest BCUT2D eigenvalue weighted by Gasteiger charge is -2.30. The van der Waals surface area contributed by atoms with Crippen molar-refractivity contribution in [3.05, 3.63) is 58.9 Å². The zero-order valence-corrected chi connectivity index (χ0v) is 21.0. The molecule has 0 aliphatic carbocycles. The van der Waals surface area contributed by atoms with Gasteiger partial charge in [0.05, 0.1) is 30.0 Å². The average Bonchev–Trinajstić information content (AvgIpc) is 3.07. The van der Waals surface area contributed by atoms with E-state index < -0.39 is 5.97 Å². The van der Waals surface area contributed by atoms with Gasteiger partial charge in [0.15, 0.2) is 6.29 Å². The van der Waals surface area contributed by atoms with E-state index in [2.05, 4.69) is 53.7 Å². The summed E-state index contributed by atoms with van der Waals surface area (Å²) in [7, 11) is 0. The van der Waals surface area contributed by atoms with Gasteiger partial charge >= 0.3 is 5.97 Å². The first-order chi connectivity index (χ1) is 15.5. The number of aldehydes is 1. The van der Waals surface area contributed by atoms with Gasteiger partial charge in [0.1, 0.15) is 5.75 Å². The summed E-state index contributed by atoms with van der Waals surface area (Å²) < 4.78 is 13.4. The van der Waals surface area contributed by atoms with Crippen LogP contribution in [0.25, 0.3) is 16.6 Å². The van der Waals surface area contributed by atoms with Gasteiger partial charge in [-0.3, -0.25) is 4.79 Å². The molecule has 3 rings (SSSR count). The summed E-state index contributed by atoms with van der Waals surface area (Å²) >= 11 is 0. The molecule has 3 aromatic rings. The first kappa shape index (κ1) is 24.6. The number of nitrogens with zero attached hydrogens (tertiary/aromatic N) is 1. The van der Waals surface area contributed by atoms with Crippen LogP contribution >= 0.6 is 0 Å². The normalized spacial score (nSPS) is 12.1. The van der Waals surface area contributed by atoms with Crippen LogP contribution in [0.4, 0.5) is 0 Å². The maximum atomic E-state index is 13.1. The quantitative estimate of drug-likeness (QED) is 0.315. The minimum Gasteiger partial charge on any atom is -0.493 e. The molecule has 0 bridgehead atoms. The summed E-state index contributed by atoms with van der Waals surface area (Å²) in [5.74, 6) is 0.433. The molecule has 0 unspecified atom stereocenters. The van der Waals surface area contributed by atoms with Gasteiger partial charge in [-0.05, 0) is 54.5 Å². The highest BCUT2D eigenvalue weighted by molar-refractivity contribution is 6.09. The number of pyridine rings is 1. The van der Waals surface area contributed by atoms with E-state index in [0.717, 1.165) is 28.7 Å². The van der Waals surface area contributed by atoms with E-state index in [0.29, 0.717) is 28.9 Å². The Morgan fingerprint density at radius 2 is 1.58 bits per heavy atom. The second-order valence-corrected chi connectivity index (χ2v) is 10.3. The van der Waals surface area contributed by atoms with Crippen molar-refractivity contribution in [2.45, 2.75) is 66.2 Å². The molecule has 0 saturated carbocycles. The predicted octanol–water partition coefficient (Wildman–Crippen LogP) is 6.59. The Balaban J connectivity index is 2.51. The minimum absolute atomic E-state index is 0.217. The van der Waals surface area contributed by atoms with Crippen molar-refractivity contribution in [1.82, 2.24) is 4.40 Å². The third-order valence-electron chi connectivity index (χ3n) is 5.76. The Labute approximate surface area is 196 Å². The zero-order chi connectivity index (χ0) is 24.6. The summed E-state index contributed by atoms with van der Waals surface area (Å²) in [5, 5.41) is 0. The van der Waals surface area contributed by atoms with Crippen molar-refractivity contribution in [3.8, 4) is 16.9 Å². The summed E-state index contributed by atoms with van der Waals surface area (Å²) in [4.78, 5) is 25.5. The van der Waals surface area contributed by atoms with Gasteiger partial charge in [0.2, 0.25) is 0 Å². The molecule has 0 aliphatic heterocycles. The van der Waals surface area contributed by atoms with Crippen LogP contribution in [0.3, 0.4) is 0 Å². The second kappa shape index (κ2) is 9.05. The van der Waals surface area contributed by atoms with Crippen molar-refractivity contribution in [2.75, 3.05) is 13.2 Å².